The zero-order chi connectivity index (χ0) is 15.2. The van der Waals surface area contributed by atoms with Gasteiger partial charge in [-0.3, -0.25) is 4.79 Å². The molecule has 1 aromatic rings. The first kappa shape index (κ1) is 16.3. The molecule has 5 nitrogen and oxygen atoms in total. The molecule has 0 spiro atoms. The molecule has 112 valence electrons. The second kappa shape index (κ2) is 7.14. The maximum absolute atomic E-state index is 12.2. The number of rotatable bonds is 7. The summed E-state index contributed by atoms with van der Waals surface area (Å²) in [7, 11) is 3.05. The summed E-state index contributed by atoms with van der Waals surface area (Å²) in [6.07, 6.45) is 1.17. The molecule has 5 heteroatoms. The van der Waals surface area contributed by atoms with E-state index in [0.717, 1.165) is 0 Å². The van der Waals surface area contributed by atoms with Crippen LogP contribution in [-0.2, 0) is 0 Å². The summed E-state index contributed by atoms with van der Waals surface area (Å²) in [6, 6.07) is 4.99. The van der Waals surface area contributed by atoms with Crippen LogP contribution in [-0.4, -0.2) is 37.4 Å². The number of hydrogen-bond acceptors (Lipinski definition) is 4. The number of carbonyl (C=O) groups is 1. The van der Waals surface area contributed by atoms with Crippen molar-refractivity contribution in [3.8, 4) is 11.5 Å². The summed E-state index contributed by atoms with van der Waals surface area (Å²) >= 11 is 0. The van der Waals surface area contributed by atoms with E-state index >= 15 is 0 Å². The summed E-state index contributed by atoms with van der Waals surface area (Å²) in [4.78, 5) is 12.2. The third-order valence-electron chi connectivity index (χ3n) is 3.55. The van der Waals surface area contributed by atoms with Crippen LogP contribution >= 0.6 is 0 Å². The van der Waals surface area contributed by atoms with Gasteiger partial charge in [0.2, 0.25) is 0 Å². The van der Waals surface area contributed by atoms with Gasteiger partial charge >= 0.3 is 0 Å². The van der Waals surface area contributed by atoms with Gasteiger partial charge in [-0.05, 0) is 25.0 Å². The highest BCUT2D eigenvalue weighted by Gasteiger charge is 2.23. The van der Waals surface area contributed by atoms with E-state index in [-0.39, 0.29) is 12.5 Å². The minimum atomic E-state index is -0.866. The predicted molar refractivity (Wildman–Crippen MR) is 77.4 cm³/mol. The molecule has 20 heavy (non-hydrogen) atoms. The van der Waals surface area contributed by atoms with Crippen molar-refractivity contribution in [3.05, 3.63) is 23.8 Å². The van der Waals surface area contributed by atoms with Crippen LogP contribution in [0.1, 0.15) is 37.0 Å². The molecule has 0 bridgehead atoms. The molecule has 1 amide bonds. The van der Waals surface area contributed by atoms with Gasteiger partial charge in [-0.25, -0.2) is 0 Å². The Labute approximate surface area is 119 Å². The van der Waals surface area contributed by atoms with Crippen LogP contribution in [0.25, 0.3) is 0 Å². The van der Waals surface area contributed by atoms with Crippen molar-refractivity contribution in [1.29, 1.82) is 0 Å². The molecule has 1 rings (SSSR count). The van der Waals surface area contributed by atoms with Crippen LogP contribution in [0.15, 0.2) is 18.2 Å². The highest BCUT2D eigenvalue weighted by molar-refractivity contribution is 5.97. The molecule has 0 radical (unpaired) electrons. The van der Waals surface area contributed by atoms with Crippen LogP contribution in [0.4, 0.5) is 0 Å². The lowest BCUT2D eigenvalue weighted by atomic mass is 9.97. The molecule has 0 aromatic heterocycles. The minimum absolute atomic E-state index is 0.216. The van der Waals surface area contributed by atoms with Crippen LogP contribution < -0.4 is 14.8 Å². The van der Waals surface area contributed by atoms with E-state index in [1.54, 1.807) is 25.3 Å². The maximum atomic E-state index is 12.2. The Hall–Kier alpha value is -1.75. The lowest BCUT2D eigenvalue weighted by Crippen LogP contribution is -2.42. The van der Waals surface area contributed by atoms with Crippen LogP contribution in [0.5, 0.6) is 11.5 Å². The lowest BCUT2D eigenvalue weighted by Gasteiger charge is -2.25. The van der Waals surface area contributed by atoms with Gasteiger partial charge in [-0.15, -0.1) is 0 Å². The van der Waals surface area contributed by atoms with Gasteiger partial charge in [0.25, 0.3) is 5.91 Å². The highest BCUT2D eigenvalue weighted by atomic mass is 16.5. The number of hydrogen-bond donors (Lipinski definition) is 2. The smallest absolute Gasteiger partial charge is 0.255 e. The fraction of sp³-hybridized carbons (Fsp3) is 0.533. The van der Waals surface area contributed by atoms with Crippen molar-refractivity contribution >= 4 is 5.91 Å². The fourth-order valence-electron chi connectivity index (χ4n) is 1.83. The average Bonchev–Trinajstić information content (AvgIpc) is 2.51. The number of methoxy groups -OCH3 is 2. The van der Waals surface area contributed by atoms with Gasteiger partial charge in [-0.2, -0.15) is 0 Å². The van der Waals surface area contributed by atoms with E-state index in [1.807, 2.05) is 13.8 Å². The molecular weight excluding hydrogens is 258 g/mol. The van der Waals surface area contributed by atoms with E-state index < -0.39 is 5.60 Å². The van der Waals surface area contributed by atoms with E-state index in [9.17, 15) is 9.90 Å². The summed E-state index contributed by atoms with van der Waals surface area (Å²) in [5.74, 6) is 0.792. The summed E-state index contributed by atoms with van der Waals surface area (Å²) in [5, 5.41) is 12.9. The summed E-state index contributed by atoms with van der Waals surface area (Å²) in [5.41, 5.74) is -0.446. The Morgan fingerprint density at radius 1 is 1.25 bits per heavy atom. The molecule has 0 aliphatic heterocycles. The Bertz CT molecular complexity index is 455. The molecule has 0 heterocycles. The number of aliphatic hydroxyl groups is 1. The average molecular weight is 281 g/mol. The van der Waals surface area contributed by atoms with E-state index in [4.69, 9.17) is 9.47 Å². The van der Waals surface area contributed by atoms with E-state index in [2.05, 4.69) is 5.32 Å². The van der Waals surface area contributed by atoms with Crippen molar-refractivity contribution < 1.29 is 19.4 Å². The minimum Gasteiger partial charge on any atom is -0.497 e. The molecule has 2 N–H and O–H groups in total. The van der Waals surface area contributed by atoms with Crippen molar-refractivity contribution in [1.82, 2.24) is 5.32 Å². The molecule has 0 unspecified atom stereocenters. The molecule has 1 aromatic carbocycles. The van der Waals surface area contributed by atoms with Crippen molar-refractivity contribution in [3.63, 3.8) is 0 Å². The Kier molecular flexibility index (Phi) is 5.82. The Morgan fingerprint density at radius 2 is 1.90 bits per heavy atom. The molecule has 0 saturated carbocycles. The third-order valence-corrected chi connectivity index (χ3v) is 3.55. The molecule has 0 aliphatic rings. The first-order valence-corrected chi connectivity index (χ1v) is 6.72. The zero-order valence-corrected chi connectivity index (χ0v) is 12.5. The van der Waals surface area contributed by atoms with Crippen molar-refractivity contribution in [2.75, 3.05) is 20.8 Å². The Balaban J connectivity index is 2.82. The van der Waals surface area contributed by atoms with Crippen LogP contribution in [0.3, 0.4) is 0 Å². The topological polar surface area (TPSA) is 67.8 Å². The van der Waals surface area contributed by atoms with Gasteiger partial charge in [0.15, 0.2) is 0 Å². The van der Waals surface area contributed by atoms with Gasteiger partial charge in [-0.1, -0.05) is 13.8 Å². The summed E-state index contributed by atoms with van der Waals surface area (Å²) in [6.45, 7) is 4.00. The van der Waals surface area contributed by atoms with Gasteiger partial charge in [0.1, 0.15) is 11.5 Å². The number of nitrogens with one attached hydrogen (secondary N) is 1. The number of amides is 1. The molecular formula is C15H23NO4. The lowest BCUT2D eigenvalue weighted by molar-refractivity contribution is 0.0313. The quantitative estimate of drug-likeness (QED) is 0.802. The summed E-state index contributed by atoms with van der Waals surface area (Å²) < 4.78 is 10.3. The standard InChI is InChI=1S/C15H23NO4/c1-5-15(18,6-2)10-16-14(17)12-8-7-11(19-3)9-13(12)20-4/h7-9,18H,5-6,10H2,1-4H3,(H,16,17). The van der Waals surface area contributed by atoms with Gasteiger partial charge in [0.05, 0.1) is 25.4 Å². The van der Waals surface area contributed by atoms with Crippen molar-refractivity contribution in [2.24, 2.45) is 0 Å². The molecule has 0 fully saturated rings. The third kappa shape index (κ3) is 3.87. The molecule has 0 aliphatic carbocycles. The second-order valence-corrected chi connectivity index (χ2v) is 4.68. The second-order valence-electron chi connectivity index (χ2n) is 4.68. The number of benzene rings is 1. The van der Waals surface area contributed by atoms with Gasteiger partial charge in [0, 0.05) is 12.6 Å². The van der Waals surface area contributed by atoms with E-state index in [0.29, 0.717) is 29.9 Å². The predicted octanol–water partition coefficient (Wildman–Crippen LogP) is 1.98. The molecule has 0 atom stereocenters. The number of carbonyl (C=O) groups excluding carboxylic acids is 1. The van der Waals surface area contributed by atoms with Crippen LogP contribution in [0.2, 0.25) is 0 Å². The fourth-order valence-corrected chi connectivity index (χ4v) is 1.83. The SMILES string of the molecule is CCC(O)(CC)CNC(=O)c1ccc(OC)cc1OC. The monoisotopic (exact) mass is 281 g/mol. The number of ether oxygens (including phenoxy) is 2. The normalized spacial score (nSPS) is 11.1. The molecule has 0 saturated heterocycles. The largest absolute Gasteiger partial charge is 0.497 e. The first-order valence-electron chi connectivity index (χ1n) is 6.72. The van der Waals surface area contributed by atoms with E-state index in [1.165, 1.54) is 7.11 Å². The Morgan fingerprint density at radius 3 is 2.40 bits per heavy atom. The highest BCUT2D eigenvalue weighted by Crippen LogP contribution is 2.24. The van der Waals surface area contributed by atoms with Gasteiger partial charge < -0.3 is 19.9 Å². The van der Waals surface area contributed by atoms with Crippen LogP contribution in [0, 0.1) is 0 Å². The maximum Gasteiger partial charge on any atom is 0.255 e. The zero-order valence-electron chi connectivity index (χ0n) is 12.5. The first-order chi connectivity index (χ1) is 9.49. The van der Waals surface area contributed by atoms with Crippen molar-refractivity contribution in [2.45, 2.75) is 32.3 Å².